The van der Waals surface area contributed by atoms with Crippen LogP contribution in [0.15, 0.2) is 27.4 Å². The van der Waals surface area contributed by atoms with E-state index in [9.17, 15) is 13.2 Å². The van der Waals surface area contributed by atoms with Crippen molar-refractivity contribution in [1.29, 1.82) is 0 Å². The van der Waals surface area contributed by atoms with Crippen molar-refractivity contribution in [2.24, 2.45) is 0 Å². The molecule has 0 unspecified atom stereocenters. The van der Waals surface area contributed by atoms with E-state index in [1.165, 1.54) is 33.5 Å². The van der Waals surface area contributed by atoms with Crippen LogP contribution in [0.3, 0.4) is 0 Å². The molecule has 7 nitrogen and oxygen atoms in total. The summed E-state index contributed by atoms with van der Waals surface area (Å²) in [6, 6.07) is 4.71. The molecule has 1 aromatic carbocycles. The number of nitrogens with zero attached hydrogens (tertiary/aromatic N) is 3. The van der Waals surface area contributed by atoms with Crippen molar-refractivity contribution >= 4 is 44.2 Å². The van der Waals surface area contributed by atoms with Gasteiger partial charge in [0.15, 0.2) is 4.34 Å². The number of anilines is 1. The van der Waals surface area contributed by atoms with Crippen LogP contribution in [0.4, 0.5) is 5.13 Å². The molecule has 0 saturated carbocycles. The maximum atomic E-state index is 12.8. The standard InChI is InChI=1S/C15H18N4O3S3/c1-10-5-6-11(13(20)16-14-17-18-15(23-2)24-14)9-12(10)25(21,22)19-7-3-4-8-19/h5-6,9H,3-4,7-8H2,1-2H3,(H,16,17,20). The zero-order valence-electron chi connectivity index (χ0n) is 13.9. The van der Waals surface area contributed by atoms with Crippen LogP contribution in [-0.4, -0.2) is 48.2 Å². The molecule has 1 amide bonds. The molecule has 3 rings (SSSR count). The Kier molecular flexibility index (Phi) is 5.42. The summed E-state index contributed by atoms with van der Waals surface area (Å²) in [5.41, 5.74) is 0.910. The van der Waals surface area contributed by atoms with E-state index in [0.717, 1.165) is 17.2 Å². The van der Waals surface area contributed by atoms with Crippen LogP contribution in [0.2, 0.25) is 0 Å². The number of aromatic nitrogens is 2. The predicted octanol–water partition coefficient (Wildman–Crippen LogP) is 2.61. The van der Waals surface area contributed by atoms with Gasteiger partial charge in [-0.05, 0) is 43.7 Å². The number of hydrogen-bond acceptors (Lipinski definition) is 7. The van der Waals surface area contributed by atoms with Crippen molar-refractivity contribution in [3.05, 3.63) is 29.3 Å². The molecule has 134 valence electrons. The Balaban J connectivity index is 1.86. The Hall–Kier alpha value is -1.49. The molecule has 1 aliphatic rings. The Bertz CT molecular complexity index is 889. The quantitative estimate of drug-likeness (QED) is 0.615. The van der Waals surface area contributed by atoms with Gasteiger partial charge in [0.2, 0.25) is 15.2 Å². The summed E-state index contributed by atoms with van der Waals surface area (Å²) in [6.07, 6.45) is 3.61. The average Bonchev–Trinajstić information content (AvgIpc) is 3.26. The predicted molar refractivity (Wildman–Crippen MR) is 98.8 cm³/mol. The van der Waals surface area contributed by atoms with E-state index >= 15 is 0 Å². The number of carbonyl (C=O) groups is 1. The number of thioether (sulfide) groups is 1. The highest BCUT2D eigenvalue weighted by atomic mass is 32.2. The number of amides is 1. The fourth-order valence-corrected chi connectivity index (χ4v) is 5.53. The van der Waals surface area contributed by atoms with Crippen LogP contribution >= 0.6 is 23.1 Å². The van der Waals surface area contributed by atoms with Crippen LogP contribution in [0.5, 0.6) is 0 Å². The number of sulfonamides is 1. The van der Waals surface area contributed by atoms with Crippen molar-refractivity contribution in [3.8, 4) is 0 Å². The third-order valence-corrected chi connectivity index (χ3v) is 7.79. The largest absolute Gasteiger partial charge is 0.296 e. The van der Waals surface area contributed by atoms with E-state index < -0.39 is 15.9 Å². The maximum absolute atomic E-state index is 12.8. The summed E-state index contributed by atoms with van der Waals surface area (Å²) < 4.78 is 27.8. The summed E-state index contributed by atoms with van der Waals surface area (Å²) in [6.45, 7) is 2.79. The number of carbonyl (C=O) groups excluding carboxylic acids is 1. The topological polar surface area (TPSA) is 92.3 Å². The molecule has 10 heteroatoms. The number of rotatable bonds is 5. The van der Waals surface area contributed by atoms with E-state index in [-0.39, 0.29) is 10.5 Å². The first kappa shape index (κ1) is 18.3. The highest BCUT2D eigenvalue weighted by Crippen LogP contribution is 2.26. The van der Waals surface area contributed by atoms with Crippen molar-refractivity contribution < 1.29 is 13.2 Å². The zero-order chi connectivity index (χ0) is 18.0. The molecule has 0 atom stereocenters. The summed E-state index contributed by atoms with van der Waals surface area (Å²) >= 11 is 2.71. The summed E-state index contributed by atoms with van der Waals surface area (Å²) in [5.74, 6) is -0.401. The Morgan fingerprint density at radius 1 is 1.28 bits per heavy atom. The van der Waals surface area contributed by atoms with Gasteiger partial charge in [-0.3, -0.25) is 10.1 Å². The molecule has 0 radical (unpaired) electrons. The molecule has 0 spiro atoms. The van der Waals surface area contributed by atoms with Gasteiger partial charge >= 0.3 is 0 Å². The molecule has 1 fully saturated rings. The molecule has 0 aliphatic carbocycles. The second-order valence-corrected chi connectivity index (χ2v) is 9.56. The van der Waals surface area contributed by atoms with Crippen molar-refractivity contribution in [2.75, 3.05) is 24.7 Å². The van der Waals surface area contributed by atoms with Gasteiger partial charge in [0, 0.05) is 18.7 Å². The minimum absolute atomic E-state index is 0.184. The van der Waals surface area contributed by atoms with Crippen molar-refractivity contribution in [3.63, 3.8) is 0 Å². The van der Waals surface area contributed by atoms with E-state index in [0.29, 0.717) is 23.8 Å². The third-order valence-electron chi connectivity index (χ3n) is 3.93. The molecule has 1 saturated heterocycles. The van der Waals surface area contributed by atoms with Gasteiger partial charge in [-0.25, -0.2) is 8.42 Å². The Labute approximate surface area is 154 Å². The highest BCUT2D eigenvalue weighted by molar-refractivity contribution is 8.00. The second kappa shape index (κ2) is 7.40. The van der Waals surface area contributed by atoms with Crippen LogP contribution in [-0.2, 0) is 10.0 Å². The van der Waals surface area contributed by atoms with Gasteiger partial charge in [0.25, 0.3) is 5.91 Å². The van der Waals surface area contributed by atoms with Crippen molar-refractivity contribution in [1.82, 2.24) is 14.5 Å². The molecule has 25 heavy (non-hydrogen) atoms. The van der Waals surface area contributed by atoms with Crippen LogP contribution in [0.25, 0.3) is 0 Å². The minimum Gasteiger partial charge on any atom is -0.296 e. The van der Waals surface area contributed by atoms with Crippen LogP contribution < -0.4 is 5.32 Å². The van der Waals surface area contributed by atoms with E-state index in [1.807, 2.05) is 6.26 Å². The van der Waals surface area contributed by atoms with E-state index in [2.05, 4.69) is 15.5 Å². The number of aryl methyl sites for hydroxylation is 1. The highest BCUT2D eigenvalue weighted by Gasteiger charge is 2.29. The number of benzene rings is 1. The molecular formula is C15H18N4O3S3. The van der Waals surface area contributed by atoms with E-state index in [4.69, 9.17) is 0 Å². The first-order valence-electron chi connectivity index (χ1n) is 7.71. The van der Waals surface area contributed by atoms with Crippen LogP contribution in [0.1, 0.15) is 28.8 Å². The van der Waals surface area contributed by atoms with Gasteiger partial charge in [0.05, 0.1) is 4.90 Å². The summed E-state index contributed by atoms with van der Waals surface area (Å²) in [4.78, 5) is 12.6. The van der Waals surface area contributed by atoms with Gasteiger partial charge < -0.3 is 0 Å². The maximum Gasteiger partial charge on any atom is 0.257 e. The monoisotopic (exact) mass is 398 g/mol. The van der Waals surface area contributed by atoms with Gasteiger partial charge in [0.1, 0.15) is 0 Å². The molecule has 1 aliphatic heterocycles. The average molecular weight is 399 g/mol. The molecule has 1 aromatic heterocycles. The first-order valence-corrected chi connectivity index (χ1v) is 11.2. The lowest BCUT2D eigenvalue weighted by Gasteiger charge is -2.17. The van der Waals surface area contributed by atoms with E-state index in [1.54, 1.807) is 19.1 Å². The minimum atomic E-state index is -3.57. The fourth-order valence-electron chi connectivity index (χ4n) is 2.60. The summed E-state index contributed by atoms with van der Waals surface area (Å²) in [7, 11) is -3.57. The molecule has 2 heterocycles. The third kappa shape index (κ3) is 3.86. The molecule has 1 N–H and O–H groups in total. The lowest BCUT2D eigenvalue weighted by Crippen LogP contribution is -2.28. The van der Waals surface area contributed by atoms with Gasteiger partial charge in [-0.2, -0.15) is 4.31 Å². The normalized spacial score (nSPS) is 15.4. The Morgan fingerprint density at radius 3 is 2.64 bits per heavy atom. The van der Waals surface area contributed by atoms with Crippen LogP contribution in [0, 0.1) is 6.92 Å². The van der Waals surface area contributed by atoms with Crippen molar-refractivity contribution in [2.45, 2.75) is 29.0 Å². The number of hydrogen-bond donors (Lipinski definition) is 1. The lowest BCUT2D eigenvalue weighted by atomic mass is 10.1. The van der Waals surface area contributed by atoms with Gasteiger partial charge in [-0.1, -0.05) is 29.2 Å². The lowest BCUT2D eigenvalue weighted by molar-refractivity contribution is 0.102. The zero-order valence-corrected chi connectivity index (χ0v) is 16.3. The smallest absolute Gasteiger partial charge is 0.257 e. The number of nitrogens with one attached hydrogen (secondary N) is 1. The summed E-state index contributed by atoms with van der Waals surface area (Å²) in [5, 5.41) is 10.9. The Morgan fingerprint density at radius 2 is 2.00 bits per heavy atom. The molecule has 2 aromatic rings. The fraction of sp³-hybridized carbons (Fsp3) is 0.400. The SMILES string of the molecule is CSc1nnc(NC(=O)c2ccc(C)c(S(=O)(=O)N3CCCC3)c2)s1. The first-order chi connectivity index (χ1) is 11.9. The molecule has 0 bridgehead atoms. The van der Waals surface area contributed by atoms with Gasteiger partial charge in [-0.15, -0.1) is 10.2 Å². The molecular weight excluding hydrogens is 380 g/mol. The second-order valence-electron chi connectivity index (χ2n) is 5.62.